The summed E-state index contributed by atoms with van der Waals surface area (Å²) in [5, 5.41) is 3.43. The predicted octanol–water partition coefficient (Wildman–Crippen LogP) is 5.19. The van der Waals surface area contributed by atoms with Gasteiger partial charge in [0.1, 0.15) is 6.61 Å². The number of hydrogen-bond acceptors (Lipinski definition) is 3. The molecule has 0 saturated carbocycles. The highest BCUT2D eigenvalue weighted by Crippen LogP contribution is 2.29. The van der Waals surface area contributed by atoms with Crippen LogP contribution in [0.4, 0.5) is 5.69 Å². The third-order valence-corrected chi connectivity index (χ3v) is 3.98. The summed E-state index contributed by atoms with van der Waals surface area (Å²) in [7, 11) is 1.67. The standard InChI is InChI=1S/C22H23NO2/c1-17-7-6-10-20(13-17)23-15-19-11-12-21(22(14-19)24-2)25-16-18-8-4-3-5-9-18/h3-14,23H,15-16H2,1-2H3. The second kappa shape index (κ2) is 8.25. The minimum Gasteiger partial charge on any atom is -0.493 e. The highest BCUT2D eigenvalue weighted by atomic mass is 16.5. The number of ether oxygens (including phenoxy) is 2. The van der Waals surface area contributed by atoms with Gasteiger partial charge in [-0.05, 0) is 47.9 Å². The SMILES string of the molecule is COc1cc(CNc2cccc(C)c2)ccc1OCc1ccccc1. The van der Waals surface area contributed by atoms with Crippen molar-refractivity contribution >= 4 is 5.69 Å². The number of nitrogens with one attached hydrogen (secondary N) is 1. The molecule has 0 radical (unpaired) electrons. The number of anilines is 1. The van der Waals surface area contributed by atoms with Crippen molar-refractivity contribution in [2.24, 2.45) is 0 Å². The summed E-state index contributed by atoms with van der Waals surface area (Å²) in [4.78, 5) is 0. The monoisotopic (exact) mass is 333 g/mol. The molecule has 0 unspecified atom stereocenters. The van der Waals surface area contributed by atoms with Crippen molar-refractivity contribution in [1.29, 1.82) is 0 Å². The van der Waals surface area contributed by atoms with E-state index in [-0.39, 0.29) is 0 Å². The van der Waals surface area contributed by atoms with Crippen molar-refractivity contribution in [2.45, 2.75) is 20.1 Å². The molecule has 0 aliphatic heterocycles. The average Bonchev–Trinajstić information content (AvgIpc) is 2.66. The Morgan fingerprint density at radius 3 is 2.40 bits per heavy atom. The van der Waals surface area contributed by atoms with Crippen LogP contribution in [0.3, 0.4) is 0 Å². The van der Waals surface area contributed by atoms with Crippen molar-refractivity contribution < 1.29 is 9.47 Å². The van der Waals surface area contributed by atoms with Gasteiger partial charge in [-0.1, -0.05) is 48.5 Å². The molecular weight excluding hydrogens is 310 g/mol. The minimum absolute atomic E-state index is 0.526. The summed E-state index contributed by atoms with van der Waals surface area (Å²) in [5.41, 5.74) is 4.63. The molecule has 0 aliphatic carbocycles. The quantitative estimate of drug-likeness (QED) is 0.645. The summed E-state index contributed by atoms with van der Waals surface area (Å²) in [6.07, 6.45) is 0. The largest absolute Gasteiger partial charge is 0.493 e. The fourth-order valence-electron chi connectivity index (χ4n) is 2.64. The maximum absolute atomic E-state index is 5.90. The molecule has 3 heteroatoms. The number of aryl methyl sites for hydroxylation is 1. The number of hydrogen-bond donors (Lipinski definition) is 1. The molecule has 0 aromatic heterocycles. The molecule has 0 atom stereocenters. The first-order valence-electron chi connectivity index (χ1n) is 8.39. The summed E-state index contributed by atoms with van der Waals surface area (Å²) in [5.74, 6) is 1.50. The van der Waals surface area contributed by atoms with Gasteiger partial charge in [-0.2, -0.15) is 0 Å². The van der Waals surface area contributed by atoms with Crippen LogP contribution in [0.15, 0.2) is 72.8 Å². The fourth-order valence-corrected chi connectivity index (χ4v) is 2.64. The van der Waals surface area contributed by atoms with Crippen LogP contribution in [0.25, 0.3) is 0 Å². The fraction of sp³-hybridized carbons (Fsp3) is 0.182. The Morgan fingerprint density at radius 2 is 1.64 bits per heavy atom. The first-order valence-corrected chi connectivity index (χ1v) is 8.39. The van der Waals surface area contributed by atoms with E-state index < -0.39 is 0 Å². The van der Waals surface area contributed by atoms with Crippen LogP contribution in [0.1, 0.15) is 16.7 Å². The van der Waals surface area contributed by atoms with Crippen LogP contribution in [0.5, 0.6) is 11.5 Å². The molecule has 128 valence electrons. The molecule has 0 aliphatic rings. The molecular formula is C22H23NO2. The van der Waals surface area contributed by atoms with Gasteiger partial charge in [-0.25, -0.2) is 0 Å². The molecule has 0 amide bonds. The highest BCUT2D eigenvalue weighted by Gasteiger charge is 2.06. The first-order chi connectivity index (χ1) is 12.2. The molecule has 0 saturated heterocycles. The van der Waals surface area contributed by atoms with Crippen LogP contribution in [0, 0.1) is 6.92 Å². The lowest BCUT2D eigenvalue weighted by atomic mass is 10.1. The lowest BCUT2D eigenvalue weighted by Crippen LogP contribution is -2.02. The summed E-state index contributed by atoms with van der Waals surface area (Å²) in [6, 6.07) is 24.5. The summed E-state index contributed by atoms with van der Waals surface area (Å²) in [6.45, 7) is 3.35. The van der Waals surface area contributed by atoms with E-state index in [0.29, 0.717) is 6.61 Å². The van der Waals surface area contributed by atoms with E-state index in [0.717, 1.165) is 34.9 Å². The van der Waals surface area contributed by atoms with Crippen molar-refractivity contribution in [3.8, 4) is 11.5 Å². The van der Waals surface area contributed by atoms with E-state index in [2.05, 4.69) is 42.6 Å². The van der Waals surface area contributed by atoms with Gasteiger partial charge in [-0.3, -0.25) is 0 Å². The van der Waals surface area contributed by atoms with Gasteiger partial charge in [0.05, 0.1) is 7.11 Å². The third-order valence-electron chi connectivity index (χ3n) is 3.98. The Balaban J connectivity index is 1.64. The molecule has 3 aromatic rings. The second-order valence-electron chi connectivity index (χ2n) is 5.98. The van der Waals surface area contributed by atoms with Crippen LogP contribution in [0.2, 0.25) is 0 Å². The van der Waals surface area contributed by atoms with Gasteiger partial charge in [0, 0.05) is 12.2 Å². The smallest absolute Gasteiger partial charge is 0.161 e. The van der Waals surface area contributed by atoms with Crippen molar-refractivity contribution in [1.82, 2.24) is 0 Å². The van der Waals surface area contributed by atoms with Crippen molar-refractivity contribution in [3.63, 3.8) is 0 Å². The molecule has 3 rings (SSSR count). The van der Waals surface area contributed by atoms with Crippen molar-refractivity contribution in [2.75, 3.05) is 12.4 Å². The van der Waals surface area contributed by atoms with E-state index in [1.807, 2.05) is 42.5 Å². The van der Waals surface area contributed by atoms with E-state index in [1.165, 1.54) is 5.56 Å². The first kappa shape index (κ1) is 16.9. The molecule has 0 bridgehead atoms. The van der Waals surface area contributed by atoms with E-state index >= 15 is 0 Å². The van der Waals surface area contributed by atoms with Gasteiger partial charge < -0.3 is 14.8 Å². The summed E-state index contributed by atoms with van der Waals surface area (Å²) >= 11 is 0. The Morgan fingerprint density at radius 1 is 0.800 bits per heavy atom. The van der Waals surface area contributed by atoms with Gasteiger partial charge >= 0.3 is 0 Å². The molecule has 1 N–H and O–H groups in total. The molecule has 0 heterocycles. The van der Waals surface area contributed by atoms with Gasteiger partial charge in [-0.15, -0.1) is 0 Å². The van der Waals surface area contributed by atoms with Gasteiger partial charge in [0.2, 0.25) is 0 Å². The Kier molecular flexibility index (Phi) is 5.57. The Bertz CT molecular complexity index is 815. The Labute approximate surface area is 149 Å². The topological polar surface area (TPSA) is 30.5 Å². The van der Waals surface area contributed by atoms with Gasteiger partial charge in [0.15, 0.2) is 11.5 Å². The second-order valence-corrected chi connectivity index (χ2v) is 5.98. The predicted molar refractivity (Wildman–Crippen MR) is 102 cm³/mol. The van der Waals surface area contributed by atoms with Crippen LogP contribution >= 0.6 is 0 Å². The molecule has 0 spiro atoms. The van der Waals surface area contributed by atoms with E-state index in [4.69, 9.17) is 9.47 Å². The molecule has 3 aromatic carbocycles. The molecule has 3 nitrogen and oxygen atoms in total. The maximum atomic E-state index is 5.90. The lowest BCUT2D eigenvalue weighted by Gasteiger charge is -2.13. The number of rotatable bonds is 7. The van der Waals surface area contributed by atoms with E-state index in [1.54, 1.807) is 7.11 Å². The van der Waals surface area contributed by atoms with E-state index in [9.17, 15) is 0 Å². The zero-order valence-electron chi connectivity index (χ0n) is 14.7. The van der Waals surface area contributed by atoms with Crippen LogP contribution in [-0.2, 0) is 13.2 Å². The van der Waals surface area contributed by atoms with Gasteiger partial charge in [0.25, 0.3) is 0 Å². The normalized spacial score (nSPS) is 10.3. The molecule has 25 heavy (non-hydrogen) atoms. The number of benzene rings is 3. The average molecular weight is 333 g/mol. The lowest BCUT2D eigenvalue weighted by molar-refractivity contribution is 0.284. The zero-order valence-corrected chi connectivity index (χ0v) is 14.7. The number of methoxy groups -OCH3 is 1. The third kappa shape index (κ3) is 4.77. The maximum Gasteiger partial charge on any atom is 0.161 e. The van der Waals surface area contributed by atoms with Crippen molar-refractivity contribution in [3.05, 3.63) is 89.5 Å². The van der Waals surface area contributed by atoms with Crippen LogP contribution in [-0.4, -0.2) is 7.11 Å². The highest BCUT2D eigenvalue weighted by molar-refractivity contribution is 5.48. The minimum atomic E-state index is 0.526. The zero-order chi connectivity index (χ0) is 17.5. The molecule has 0 fully saturated rings. The Hall–Kier alpha value is -2.94. The summed E-state index contributed by atoms with van der Waals surface area (Å²) < 4.78 is 11.4. The van der Waals surface area contributed by atoms with Crippen LogP contribution < -0.4 is 14.8 Å².